The Labute approximate surface area is 108 Å². The monoisotopic (exact) mass is 246 g/mol. The molecule has 18 heavy (non-hydrogen) atoms. The summed E-state index contributed by atoms with van der Waals surface area (Å²) in [6, 6.07) is 6.49. The number of rotatable bonds is 4. The Hall–Kier alpha value is -1.83. The van der Waals surface area contributed by atoms with Gasteiger partial charge in [-0.25, -0.2) is 4.39 Å². The lowest BCUT2D eigenvalue weighted by Gasteiger charge is -2.09. The molecule has 2 heteroatoms. The molecule has 0 spiro atoms. The summed E-state index contributed by atoms with van der Waals surface area (Å²) in [6.45, 7) is 5.95. The fourth-order valence-electron chi connectivity index (χ4n) is 1.71. The van der Waals surface area contributed by atoms with E-state index in [0.717, 1.165) is 22.5 Å². The van der Waals surface area contributed by atoms with Gasteiger partial charge in [0.2, 0.25) is 0 Å². The highest BCUT2D eigenvalue weighted by Gasteiger charge is 2.02. The second-order valence-electron chi connectivity index (χ2n) is 4.17. The van der Waals surface area contributed by atoms with E-state index in [1.165, 1.54) is 12.1 Å². The summed E-state index contributed by atoms with van der Waals surface area (Å²) in [5.41, 5.74) is 2.93. The van der Waals surface area contributed by atoms with Gasteiger partial charge in [0, 0.05) is 5.57 Å². The first kappa shape index (κ1) is 14.2. The Bertz CT molecular complexity index is 492. The minimum atomic E-state index is -0.228. The van der Waals surface area contributed by atoms with Crippen molar-refractivity contribution in [3.05, 3.63) is 64.7 Å². The number of hydrogen-bond donors (Lipinski definition) is 0. The summed E-state index contributed by atoms with van der Waals surface area (Å²) in [7, 11) is 1.65. The number of allylic oxidation sites excluding steroid dienone is 3. The van der Waals surface area contributed by atoms with Gasteiger partial charge in [-0.1, -0.05) is 30.4 Å². The maximum atomic E-state index is 13.0. The van der Waals surface area contributed by atoms with E-state index >= 15 is 0 Å². The SMILES string of the molecule is C/C=C(/C=C/c1cccc(F)c1)C(OC)=C(C)C. The van der Waals surface area contributed by atoms with Gasteiger partial charge in [-0.05, 0) is 44.0 Å². The van der Waals surface area contributed by atoms with Crippen LogP contribution in [0.2, 0.25) is 0 Å². The normalized spacial score (nSPS) is 11.7. The van der Waals surface area contributed by atoms with Gasteiger partial charge in [-0.15, -0.1) is 0 Å². The van der Waals surface area contributed by atoms with Crippen LogP contribution in [0, 0.1) is 5.82 Å². The molecule has 0 bridgehead atoms. The molecule has 0 N–H and O–H groups in total. The fourth-order valence-corrected chi connectivity index (χ4v) is 1.71. The average Bonchev–Trinajstić information content (AvgIpc) is 2.34. The van der Waals surface area contributed by atoms with Gasteiger partial charge in [-0.3, -0.25) is 0 Å². The average molecular weight is 246 g/mol. The van der Waals surface area contributed by atoms with Gasteiger partial charge < -0.3 is 4.74 Å². The Morgan fingerprint density at radius 2 is 2.00 bits per heavy atom. The summed E-state index contributed by atoms with van der Waals surface area (Å²) in [5, 5.41) is 0. The maximum absolute atomic E-state index is 13.0. The molecule has 0 fully saturated rings. The topological polar surface area (TPSA) is 9.23 Å². The third-order valence-electron chi connectivity index (χ3n) is 2.54. The van der Waals surface area contributed by atoms with Gasteiger partial charge in [0.15, 0.2) is 0 Å². The molecule has 1 rings (SSSR count). The molecule has 0 heterocycles. The molecule has 0 amide bonds. The van der Waals surface area contributed by atoms with Gasteiger partial charge in [0.1, 0.15) is 11.6 Å². The van der Waals surface area contributed by atoms with E-state index in [2.05, 4.69) is 0 Å². The highest BCUT2D eigenvalue weighted by atomic mass is 19.1. The first-order valence-electron chi connectivity index (χ1n) is 5.90. The Balaban J connectivity index is 2.98. The van der Waals surface area contributed by atoms with Crippen molar-refractivity contribution in [3.8, 4) is 0 Å². The van der Waals surface area contributed by atoms with Crippen molar-refractivity contribution in [2.24, 2.45) is 0 Å². The Morgan fingerprint density at radius 1 is 1.28 bits per heavy atom. The molecule has 0 unspecified atom stereocenters. The van der Waals surface area contributed by atoms with Crippen LogP contribution in [0.1, 0.15) is 26.3 Å². The van der Waals surface area contributed by atoms with E-state index in [4.69, 9.17) is 4.74 Å². The molecular weight excluding hydrogens is 227 g/mol. The minimum Gasteiger partial charge on any atom is -0.496 e. The van der Waals surface area contributed by atoms with Gasteiger partial charge >= 0.3 is 0 Å². The maximum Gasteiger partial charge on any atom is 0.124 e. The first-order valence-corrected chi connectivity index (χ1v) is 5.90. The predicted molar refractivity (Wildman–Crippen MR) is 74.6 cm³/mol. The van der Waals surface area contributed by atoms with Gasteiger partial charge in [0.05, 0.1) is 7.11 Å². The van der Waals surface area contributed by atoms with Crippen LogP contribution in [0.3, 0.4) is 0 Å². The van der Waals surface area contributed by atoms with E-state index in [0.29, 0.717) is 0 Å². The van der Waals surface area contributed by atoms with Crippen LogP contribution in [0.5, 0.6) is 0 Å². The summed E-state index contributed by atoms with van der Waals surface area (Å²) >= 11 is 0. The lowest BCUT2D eigenvalue weighted by molar-refractivity contribution is 0.298. The number of methoxy groups -OCH3 is 1. The zero-order valence-electron chi connectivity index (χ0n) is 11.3. The molecule has 1 nitrogen and oxygen atoms in total. The van der Waals surface area contributed by atoms with E-state index < -0.39 is 0 Å². The van der Waals surface area contributed by atoms with Crippen molar-refractivity contribution in [1.29, 1.82) is 0 Å². The van der Waals surface area contributed by atoms with Crippen molar-refractivity contribution < 1.29 is 9.13 Å². The quantitative estimate of drug-likeness (QED) is 0.551. The molecule has 1 aromatic carbocycles. The highest BCUT2D eigenvalue weighted by molar-refractivity contribution is 5.56. The standard InChI is InChI=1S/C16H19FO/c1-5-14(16(18-4)12(2)3)10-9-13-7-6-8-15(17)11-13/h5-11H,1-4H3/b10-9+,14-5-. The molecule has 1 aromatic rings. The predicted octanol–water partition coefficient (Wildman–Crippen LogP) is 4.73. The van der Waals surface area contributed by atoms with E-state index in [1.54, 1.807) is 13.2 Å². The smallest absolute Gasteiger partial charge is 0.124 e. The number of benzene rings is 1. The molecule has 96 valence electrons. The molecular formula is C16H19FO. The lowest BCUT2D eigenvalue weighted by atomic mass is 10.1. The van der Waals surface area contributed by atoms with E-state index in [9.17, 15) is 4.39 Å². The summed E-state index contributed by atoms with van der Waals surface area (Å²) < 4.78 is 18.4. The molecule has 0 aliphatic carbocycles. The van der Waals surface area contributed by atoms with Crippen LogP contribution in [0.15, 0.2) is 53.3 Å². The Kier molecular flexibility index (Phi) is 5.37. The van der Waals surface area contributed by atoms with Crippen molar-refractivity contribution >= 4 is 6.08 Å². The molecule has 0 atom stereocenters. The van der Waals surface area contributed by atoms with Crippen LogP contribution >= 0.6 is 0 Å². The number of hydrogen-bond acceptors (Lipinski definition) is 1. The third-order valence-corrected chi connectivity index (χ3v) is 2.54. The third kappa shape index (κ3) is 3.88. The van der Waals surface area contributed by atoms with Crippen molar-refractivity contribution in [3.63, 3.8) is 0 Å². The van der Waals surface area contributed by atoms with E-state index in [-0.39, 0.29) is 5.82 Å². The van der Waals surface area contributed by atoms with Crippen LogP contribution in [0.25, 0.3) is 6.08 Å². The fraction of sp³-hybridized carbons (Fsp3) is 0.250. The first-order chi connectivity index (χ1) is 8.58. The van der Waals surface area contributed by atoms with Gasteiger partial charge in [0.25, 0.3) is 0 Å². The summed E-state index contributed by atoms with van der Waals surface area (Å²) in [4.78, 5) is 0. The summed E-state index contributed by atoms with van der Waals surface area (Å²) in [5.74, 6) is 0.624. The largest absolute Gasteiger partial charge is 0.496 e. The zero-order valence-corrected chi connectivity index (χ0v) is 11.3. The second-order valence-corrected chi connectivity index (χ2v) is 4.17. The molecule has 0 saturated carbocycles. The molecule has 0 saturated heterocycles. The zero-order chi connectivity index (χ0) is 13.5. The van der Waals surface area contributed by atoms with Crippen LogP contribution < -0.4 is 0 Å². The van der Waals surface area contributed by atoms with Crippen LogP contribution in [-0.2, 0) is 4.74 Å². The second kappa shape index (κ2) is 6.80. The van der Waals surface area contributed by atoms with Crippen molar-refractivity contribution in [1.82, 2.24) is 0 Å². The number of ether oxygens (including phenoxy) is 1. The molecule has 0 aromatic heterocycles. The van der Waals surface area contributed by atoms with E-state index in [1.807, 2.05) is 45.1 Å². The van der Waals surface area contributed by atoms with Gasteiger partial charge in [-0.2, -0.15) is 0 Å². The molecule has 0 radical (unpaired) electrons. The molecule has 0 aliphatic rings. The van der Waals surface area contributed by atoms with Crippen LogP contribution in [0.4, 0.5) is 4.39 Å². The summed E-state index contributed by atoms with van der Waals surface area (Å²) in [6.07, 6.45) is 5.78. The van der Waals surface area contributed by atoms with Crippen molar-refractivity contribution in [2.45, 2.75) is 20.8 Å². The highest BCUT2D eigenvalue weighted by Crippen LogP contribution is 2.18. The Morgan fingerprint density at radius 3 is 2.50 bits per heavy atom. The lowest BCUT2D eigenvalue weighted by Crippen LogP contribution is -1.92. The number of halogens is 1. The van der Waals surface area contributed by atoms with Crippen molar-refractivity contribution in [2.75, 3.05) is 7.11 Å². The minimum absolute atomic E-state index is 0.228. The molecule has 0 aliphatic heterocycles. The van der Waals surface area contributed by atoms with Crippen LogP contribution in [-0.4, -0.2) is 7.11 Å².